The van der Waals surface area contributed by atoms with Crippen LogP contribution in [0.1, 0.15) is 36.1 Å². The Hall–Kier alpha value is -3.33. The minimum atomic E-state index is -1.05. The molecule has 2 aliphatic rings. The molecule has 2 aliphatic heterocycles. The fourth-order valence-corrected chi connectivity index (χ4v) is 5.51. The number of rotatable bonds is 7. The summed E-state index contributed by atoms with van der Waals surface area (Å²) in [7, 11) is 0. The second kappa shape index (κ2) is 10.2. The number of alkyl halides is 1. The van der Waals surface area contributed by atoms with Crippen LogP contribution >= 0.6 is 0 Å². The van der Waals surface area contributed by atoms with E-state index in [-0.39, 0.29) is 35.4 Å². The molecule has 1 fully saturated rings. The molecule has 0 aromatic heterocycles. The van der Waals surface area contributed by atoms with E-state index in [1.807, 2.05) is 0 Å². The molecule has 9 heteroatoms. The lowest BCUT2D eigenvalue weighted by Gasteiger charge is -2.44. The SMILES string of the molecule is CC1Cc2cc(O)ccc2[C@H](c2c(F)cc(NC3CN(CCCF)C3)cc2F)N1c1ccc(F)cc1F. The zero-order valence-electron chi connectivity index (χ0n) is 20.3. The van der Waals surface area contributed by atoms with Crippen LogP contribution in [0.4, 0.5) is 33.3 Å². The number of nitrogens with zero attached hydrogens (tertiary/aromatic N) is 2. The number of fused-ring (bicyclic) bond motifs is 1. The Kier molecular flexibility index (Phi) is 6.98. The molecule has 4 nitrogen and oxygen atoms in total. The molecule has 5 rings (SSSR count). The quantitative estimate of drug-likeness (QED) is 0.381. The summed E-state index contributed by atoms with van der Waals surface area (Å²) in [4.78, 5) is 3.63. The minimum absolute atomic E-state index is 0.00697. The third kappa shape index (κ3) is 4.97. The van der Waals surface area contributed by atoms with Crippen LogP contribution in [-0.2, 0) is 6.42 Å². The van der Waals surface area contributed by atoms with Crippen molar-refractivity contribution in [3.8, 4) is 5.75 Å². The van der Waals surface area contributed by atoms with Gasteiger partial charge in [-0.1, -0.05) is 6.07 Å². The van der Waals surface area contributed by atoms with Crippen LogP contribution < -0.4 is 10.2 Å². The number of nitrogens with one attached hydrogen (secondary N) is 1. The first-order valence-electron chi connectivity index (χ1n) is 12.3. The molecule has 0 spiro atoms. The molecule has 2 N–H and O–H groups in total. The lowest BCUT2D eigenvalue weighted by molar-refractivity contribution is 0.155. The number of halogens is 5. The molecule has 1 unspecified atom stereocenters. The maximum absolute atomic E-state index is 15.7. The Morgan fingerprint density at radius 3 is 2.35 bits per heavy atom. The molecule has 0 aliphatic carbocycles. The standard InChI is InChI=1S/C28H28F5N3O/c1-16-9-17-10-21(37)4-5-22(17)28(36(16)26-6-3-18(30)11-23(26)31)27-24(32)12-19(13-25(27)33)34-20-14-35(15-20)8-2-7-29/h3-6,10-13,16,20,28,34,37H,2,7-9,14-15H2,1H3/t16?,28-/m1/s1. The number of likely N-dealkylation sites (tertiary alicyclic amines) is 1. The first kappa shape index (κ1) is 25.3. The van der Waals surface area contributed by atoms with Gasteiger partial charge in [-0.05, 0) is 67.3 Å². The summed E-state index contributed by atoms with van der Waals surface area (Å²) < 4.78 is 72.4. The Labute approximate surface area is 212 Å². The fourth-order valence-electron chi connectivity index (χ4n) is 5.51. The van der Waals surface area contributed by atoms with Crippen molar-refractivity contribution in [2.24, 2.45) is 0 Å². The average molecular weight is 518 g/mol. The van der Waals surface area contributed by atoms with Crippen LogP contribution in [0.25, 0.3) is 0 Å². The summed E-state index contributed by atoms with van der Waals surface area (Å²) in [6.45, 7) is 3.35. The van der Waals surface area contributed by atoms with Gasteiger partial charge in [0.1, 0.15) is 29.0 Å². The van der Waals surface area contributed by atoms with Gasteiger partial charge in [0.2, 0.25) is 0 Å². The highest BCUT2D eigenvalue weighted by atomic mass is 19.1. The molecule has 2 atom stereocenters. The van der Waals surface area contributed by atoms with E-state index in [2.05, 4.69) is 10.2 Å². The Balaban J connectivity index is 1.52. The van der Waals surface area contributed by atoms with Crippen molar-refractivity contribution in [1.82, 2.24) is 4.90 Å². The number of aromatic hydroxyl groups is 1. The molecule has 3 aromatic rings. The predicted molar refractivity (Wildman–Crippen MR) is 133 cm³/mol. The molecule has 3 aromatic carbocycles. The van der Waals surface area contributed by atoms with Gasteiger partial charge in [0, 0.05) is 37.4 Å². The van der Waals surface area contributed by atoms with Gasteiger partial charge in [0.15, 0.2) is 0 Å². The highest BCUT2D eigenvalue weighted by molar-refractivity contribution is 5.60. The summed E-state index contributed by atoms with van der Waals surface area (Å²) in [5.74, 6) is -3.17. The first-order chi connectivity index (χ1) is 17.7. The van der Waals surface area contributed by atoms with Gasteiger partial charge in [-0.15, -0.1) is 0 Å². The van der Waals surface area contributed by atoms with E-state index in [1.54, 1.807) is 24.0 Å². The number of phenolic OH excluding ortho intramolecular Hbond substituents is 1. The molecule has 0 radical (unpaired) electrons. The molecule has 196 valence electrons. The van der Waals surface area contributed by atoms with Crippen LogP contribution in [0.3, 0.4) is 0 Å². The third-order valence-electron chi connectivity index (χ3n) is 7.17. The van der Waals surface area contributed by atoms with Crippen molar-refractivity contribution in [2.75, 3.05) is 36.5 Å². The topological polar surface area (TPSA) is 38.7 Å². The van der Waals surface area contributed by atoms with Crippen LogP contribution in [0.15, 0.2) is 48.5 Å². The summed E-state index contributed by atoms with van der Waals surface area (Å²) >= 11 is 0. The Morgan fingerprint density at radius 1 is 0.946 bits per heavy atom. The van der Waals surface area contributed by atoms with Crippen LogP contribution in [0, 0.1) is 23.3 Å². The van der Waals surface area contributed by atoms with Crippen molar-refractivity contribution in [3.63, 3.8) is 0 Å². The van der Waals surface area contributed by atoms with Gasteiger partial charge in [0.05, 0.1) is 30.0 Å². The van der Waals surface area contributed by atoms with Crippen LogP contribution in [0.2, 0.25) is 0 Å². The largest absolute Gasteiger partial charge is 0.508 e. The van der Waals surface area contributed by atoms with Crippen molar-refractivity contribution >= 4 is 11.4 Å². The van der Waals surface area contributed by atoms with Gasteiger partial charge < -0.3 is 15.3 Å². The molecule has 0 amide bonds. The molecular weight excluding hydrogens is 489 g/mol. The smallest absolute Gasteiger partial charge is 0.149 e. The van der Waals surface area contributed by atoms with Crippen LogP contribution in [-0.4, -0.2) is 48.4 Å². The summed E-state index contributed by atoms with van der Waals surface area (Å²) in [5, 5.41) is 13.1. The van der Waals surface area contributed by atoms with Crippen molar-refractivity contribution in [1.29, 1.82) is 0 Å². The summed E-state index contributed by atoms with van der Waals surface area (Å²) in [5.41, 5.74) is 1.27. The van der Waals surface area contributed by atoms with E-state index in [9.17, 15) is 18.3 Å². The van der Waals surface area contributed by atoms with E-state index in [0.717, 1.165) is 12.1 Å². The van der Waals surface area contributed by atoms with E-state index in [1.165, 1.54) is 24.3 Å². The second-order valence-electron chi connectivity index (χ2n) is 9.84. The second-order valence-corrected chi connectivity index (χ2v) is 9.84. The van der Waals surface area contributed by atoms with Crippen molar-refractivity contribution < 1.29 is 27.1 Å². The van der Waals surface area contributed by atoms with Gasteiger partial charge in [0.25, 0.3) is 0 Å². The summed E-state index contributed by atoms with van der Waals surface area (Å²) in [6, 6.07) is 8.68. The van der Waals surface area contributed by atoms with E-state index in [0.29, 0.717) is 43.6 Å². The monoisotopic (exact) mass is 517 g/mol. The molecule has 2 heterocycles. The van der Waals surface area contributed by atoms with Gasteiger partial charge in [-0.3, -0.25) is 9.29 Å². The molecule has 0 saturated carbocycles. The van der Waals surface area contributed by atoms with Gasteiger partial charge in [-0.25, -0.2) is 17.6 Å². The molecule has 1 saturated heterocycles. The minimum Gasteiger partial charge on any atom is -0.508 e. The first-order valence-corrected chi connectivity index (χ1v) is 12.3. The predicted octanol–water partition coefficient (Wildman–Crippen LogP) is 5.94. The molecule has 37 heavy (non-hydrogen) atoms. The van der Waals surface area contributed by atoms with Crippen LogP contribution in [0.5, 0.6) is 5.75 Å². The van der Waals surface area contributed by atoms with Gasteiger partial charge >= 0.3 is 0 Å². The average Bonchev–Trinajstić information content (AvgIpc) is 2.80. The van der Waals surface area contributed by atoms with E-state index >= 15 is 8.78 Å². The number of hydrogen-bond acceptors (Lipinski definition) is 4. The number of anilines is 2. The van der Waals surface area contributed by atoms with Gasteiger partial charge in [-0.2, -0.15) is 0 Å². The zero-order valence-corrected chi connectivity index (χ0v) is 20.3. The van der Waals surface area contributed by atoms with Crippen molar-refractivity contribution in [2.45, 2.75) is 37.9 Å². The zero-order chi connectivity index (χ0) is 26.3. The lowest BCUT2D eigenvalue weighted by atomic mass is 9.84. The van der Waals surface area contributed by atoms with Crippen molar-refractivity contribution in [3.05, 3.63) is 88.5 Å². The number of hydrogen-bond donors (Lipinski definition) is 2. The number of benzene rings is 3. The third-order valence-corrected chi connectivity index (χ3v) is 7.17. The Bertz CT molecular complexity index is 1270. The summed E-state index contributed by atoms with van der Waals surface area (Å²) in [6.07, 6.45) is 0.843. The van der Waals surface area contributed by atoms with E-state index in [4.69, 9.17) is 0 Å². The normalized spacial score (nSPS) is 20.0. The maximum atomic E-state index is 15.7. The fraction of sp³-hybridized carbons (Fsp3) is 0.357. The highest BCUT2D eigenvalue weighted by Crippen LogP contribution is 2.44. The molecule has 0 bridgehead atoms. The Morgan fingerprint density at radius 2 is 1.68 bits per heavy atom. The highest BCUT2D eigenvalue weighted by Gasteiger charge is 2.38. The molecular formula is C28H28F5N3O. The number of phenols is 1. The maximum Gasteiger partial charge on any atom is 0.149 e. The lowest BCUT2D eigenvalue weighted by Crippen LogP contribution is -2.54. The van der Waals surface area contributed by atoms with E-state index < -0.39 is 35.4 Å².